The lowest BCUT2D eigenvalue weighted by Gasteiger charge is -2.35. The van der Waals surface area contributed by atoms with E-state index in [1.165, 1.54) is 0 Å². The van der Waals surface area contributed by atoms with Crippen molar-refractivity contribution in [3.8, 4) is 11.5 Å². The molecule has 0 bridgehead atoms. The first kappa shape index (κ1) is 58.7. The Labute approximate surface area is 461 Å². The van der Waals surface area contributed by atoms with Crippen molar-refractivity contribution < 1.29 is 53.3 Å². The fourth-order valence-electron chi connectivity index (χ4n) is 10.5. The van der Waals surface area contributed by atoms with Gasteiger partial charge in [-0.1, -0.05) is 94.9 Å². The van der Waals surface area contributed by atoms with Gasteiger partial charge in [-0.15, -0.1) is 0 Å². The Hall–Kier alpha value is -6.96. The number of carbonyl (C=O) groups is 5. The zero-order chi connectivity index (χ0) is 57.1. The summed E-state index contributed by atoms with van der Waals surface area (Å²) in [6.07, 6.45) is 10.6. The van der Waals surface area contributed by atoms with Gasteiger partial charge in [0.1, 0.15) is 37.8 Å². The zero-order valence-electron chi connectivity index (χ0n) is 48.1. The molecule has 2 aliphatic heterocycles. The van der Waals surface area contributed by atoms with Crippen LogP contribution in [0.1, 0.15) is 186 Å². The van der Waals surface area contributed by atoms with Gasteiger partial charge in [0.05, 0.1) is 24.2 Å². The molecule has 4 N–H and O–H groups in total. The average molecular weight is 1070 g/mol. The SMILES string of the molecule is CC(C)(C)c1cc(COC(=O)CCC(=O)NC2=CC(=[N+]3CCCCC3)C=C/C2=C2\C(=O)C(c3ccc(N4CCCCC4)cc3NC(=O)CCC(=O)OCc3cc(C(C)(C)C)c(O)c(C(C)(C)C)c3)=C2[O-])cc(C(C)(C)C)c1O. The van der Waals surface area contributed by atoms with Gasteiger partial charge in [-0.3, -0.25) is 24.0 Å². The molecule has 2 saturated heterocycles. The number of allylic oxidation sites excluding steroid dienone is 5. The lowest BCUT2D eigenvalue weighted by Crippen LogP contribution is -2.35. The van der Waals surface area contributed by atoms with Gasteiger partial charge in [0.15, 0.2) is 5.78 Å². The molecule has 78 heavy (non-hydrogen) atoms. The van der Waals surface area contributed by atoms with E-state index in [0.717, 1.165) is 109 Å². The highest BCUT2D eigenvalue weighted by Crippen LogP contribution is 2.44. The van der Waals surface area contributed by atoms with Crippen LogP contribution in [0.2, 0.25) is 0 Å². The summed E-state index contributed by atoms with van der Waals surface area (Å²) in [5.41, 5.74) is 5.37. The number of hydrogen-bond donors (Lipinski definition) is 4. The summed E-state index contributed by atoms with van der Waals surface area (Å²) >= 11 is 0. The fraction of sp³-hybridized carbons (Fsp3) is 0.500. The molecule has 14 heteroatoms. The first-order valence-electron chi connectivity index (χ1n) is 27.8. The Morgan fingerprint density at radius 2 is 1.06 bits per heavy atom. The first-order valence-corrected chi connectivity index (χ1v) is 27.8. The van der Waals surface area contributed by atoms with Crippen molar-refractivity contribution in [1.82, 2.24) is 5.32 Å². The quantitative estimate of drug-likeness (QED) is 0.0681. The van der Waals surface area contributed by atoms with Crippen molar-refractivity contribution in [3.63, 3.8) is 0 Å². The van der Waals surface area contributed by atoms with Gasteiger partial charge in [-0.05, 0) is 123 Å². The Bertz CT molecular complexity index is 2950. The molecule has 2 aliphatic carbocycles. The number of rotatable bonds is 14. The summed E-state index contributed by atoms with van der Waals surface area (Å²) in [6.45, 7) is 27.2. The second-order valence-electron chi connectivity index (χ2n) is 25.5. The molecule has 4 aliphatic rings. The van der Waals surface area contributed by atoms with Crippen molar-refractivity contribution in [2.24, 2.45) is 0 Å². The minimum absolute atomic E-state index is 0.0438. The number of phenols is 2. The van der Waals surface area contributed by atoms with E-state index in [-0.39, 0.29) is 106 Å². The van der Waals surface area contributed by atoms with Crippen LogP contribution >= 0.6 is 0 Å². The summed E-state index contributed by atoms with van der Waals surface area (Å²) in [4.78, 5) is 70.5. The Morgan fingerprint density at radius 1 is 0.603 bits per heavy atom. The fourth-order valence-corrected chi connectivity index (χ4v) is 10.5. The van der Waals surface area contributed by atoms with Crippen LogP contribution in [0.4, 0.5) is 11.4 Å². The molecule has 2 fully saturated rings. The highest BCUT2D eigenvalue weighted by Gasteiger charge is 2.36. The number of amides is 2. The number of carbonyl (C=O) groups excluding carboxylic acids is 5. The number of phenolic OH excluding ortho intramolecular Hbond substituents is 2. The molecule has 0 saturated carbocycles. The molecule has 418 valence electrons. The standard InChI is InChI=1S/C64H82N4O10/c1-61(2,3)45-31-39(32-46(57(45)73)62(4,5)6)37-77-53(71)25-23-51(69)65-49-35-41(67-27-15-13-16-28-67)19-21-43(49)55-59(75)56(60(55)76)44-22-20-42(68-29-17-14-18-30-68)36-50(44)66-52(70)24-26-54(72)78-38-40-33-47(63(7,8)9)58(74)48(34-40)64(10,11)12/h19-22,31-36H,13-18,23-30,37-38H2,1-12H3,(H4,65,66,69,70,73,74,75,76). The number of Topliss-reactive ketones (excluding diaryl/α,β-unsaturated/α-hetero) is 1. The number of piperidine rings is 2. The Balaban J connectivity index is 1.09. The van der Waals surface area contributed by atoms with E-state index in [1.54, 1.807) is 24.3 Å². The highest BCUT2D eigenvalue weighted by molar-refractivity contribution is 6.40. The zero-order valence-corrected chi connectivity index (χ0v) is 48.1. The van der Waals surface area contributed by atoms with Crippen molar-refractivity contribution in [1.29, 1.82) is 0 Å². The molecule has 2 amide bonds. The number of anilines is 2. The topological polar surface area (TPSA) is 198 Å². The molecule has 7 rings (SSSR count). The maximum Gasteiger partial charge on any atom is 0.306 e. The van der Waals surface area contributed by atoms with E-state index in [2.05, 4.69) is 20.1 Å². The van der Waals surface area contributed by atoms with Crippen LogP contribution < -0.4 is 20.6 Å². The maximum absolute atomic E-state index is 14.5. The van der Waals surface area contributed by atoms with Crippen LogP contribution in [0, 0.1) is 0 Å². The van der Waals surface area contributed by atoms with Gasteiger partial charge in [-0.25, -0.2) is 4.58 Å². The van der Waals surface area contributed by atoms with Crippen LogP contribution in [0.3, 0.4) is 0 Å². The minimum Gasteiger partial charge on any atom is -0.871 e. The van der Waals surface area contributed by atoms with Crippen LogP contribution in [-0.4, -0.2) is 76.2 Å². The predicted octanol–water partition coefficient (Wildman–Crippen LogP) is 10.4. The molecule has 0 radical (unpaired) electrons. The monoisotopic (exact) mass is 1070 g/mol. The van der Waals surface area contributed by atoms with E-state index in [1.807, 2.05) is 119 Å². The van der Waals surface area contributed by atoms with Crippen molar-refractivity contribution in [2.75, 3.05) is 36.4 Å². The average Bonchev–Trinajstić information content (AvgIpc) is 3.53. The van der Waals surface area contributed by atoms with Crippen LogP contribution in [0.15, 0.2) is 83.3 Å². The van der Waals surface area contributed by atoms with E-state index in [4.69, 9.17) is 9.47 Å². The summed E-state index contributed by atoms with van der Waals surface area (Å²) in [7, 11) is 0. The van der Waals surface area contributed by atoms with Gasteiger partial charge in [-0.2, -0.15) is 0 Å². The van der Waals surface area contributed by atoms with Gasteiger partial charge >= 0.3 is 11.9 Å². The summed E-state index contributed by atoms with van der Waals surface area (Å²) in [5, 5.41) is 42.6. The largest absolute Gasteiger partial charge is 0.871 e. The smallest absolute Gasteiger partial charge is 0.306 e. The number of aromatic hydroxyl groups is 2. The molecule has 14 nitrogen and oxygen atoms in total. The molecule has 0 unspecified atom stereocenters. The van der Waals surface area contributed by atoms with Crippen molar-refractivity contribution in [3.05, 3.63) is 122 Å². The number of hydrogen-bond acceptors (Lipinski definition) is 11. The molecule has 2 heterocycles. The van der Waals surface area contributed by atoms with Crippen molar-refractivity contribution >= 4 is 52.2 Å². The number of benzene rings is 3. The number of ketones is 1. The second-order valence-corrected chi connectivity index (χ2v) is 25.5. The van der Waals surface area contributed by atoms with E-state index < -0.39 is 35.3 Å². The lowest BCUT2D eigenvalue weighted by atomic mass is 9.78. The molecular formula is C64H82N4O10. The lowest BCUT2D eigenvalue weighted by molar-refractivity contribution is -0.535. The van der Waals surface area contributed by atoms with Gasteiger partial charge in [0.2, 0.25) is 17.5 Å². The Morgan fingerprint density at radius 3 is 1.53 bits per heavy atom. The predicted molar refractivity (Wildman–Crippen MR) is 303 cm³/mol. The third-order valence-electron chi connectivity index (χ3n) is 14.9. The highest BCUT2D eigenvalue weighted by atomic mass is 16.5. The summed E-state index contributed by atoms with van der Waals surface area (Å²) in [5.74, 6) is -2.84. The Kier molecular flexibility index (Phi) is 17.7. The van der Waals surface area contributed by atoms with E-state index >= 15 is 0 Å². The van der Waals surface area contributed by atoms with E-state index in [0.29, 0.717) is 0 Å². The minimum atomic E-state index is -0.586. The number of ether oxygens (including phenoxy) is 2. The first-order chi connectivity index (χ1) is 36.5. The molecule has 3 aromatic carbocycles. The number of nitrogens with zero attached hydrogens (tertiary/aromatic N) is 2. The molecular weight excluding hydrogens is 985 g/mol. The normalized spacial score (nSPS) is 17.4. The third-order valence-corrected chi connectivity index (χ3v) is 14.9. The molecule has 0 atom stereocenters. The summed E-state index contributed by atoms with van der Waals surface area (Å²) < 4.78 is 13.5. The number of esters is 2. The number of nitrogens with one attached hydrogen (secondary N) is 2. The molecule has 0 aromatic heterocycles. The third kappa shape index (κ3) is 14.0. The van der Waals surface area contributed by atoms with E-state index in [9.17, 15) is 39.3 Å². The van der Waals surface area contributed by atoms with Crippen molar-refractivity contribution in [2.45, 2.75) is 182 Å². The van der Waals surface area contributed by atoms with Crippen LogP contribution in [0.25, 0.3) is 5.57 Å². The van der Waals surface area contributed by atoms with Crippen LogP contribution in [0.5, 0.6) is 11.5 Å². The van der Waals surface area contributed by atoms with Gasteiger partial charge in [0.25, 0.3) is 0 Å². The molecule has 3 aromatic rings. The second kappa shape index (κ2) is 23.6. The van der Waals surface area contributed by atoms with Gasteiger partial charge in [0, 0.05) is 78.9 Å². The van der Waals surface area contributed by atoms with Gasteiger partial charge < -0.3 is 40.3 Å². The van der Waals surface area contributed by atoms with Crippen LogP contribution in [-0.2, 0) is 68.3 Å². The molecule has 0 spiro atoms. The maximum atomic E-state index is 14.5. The summed E-state index contributed by atoms with van der Waals surface area (Å²) in [6, 6.07) is 12.7.